The van der Waals surface area contributed by atoms with Crippen LogP contribution in [0.1, 0.15) is 445 Å². The van der Waals surface area contributed by atoms with Gasteiger partial charge in [-0.15, -0.1) is 0 Å². The third-order valence-corrected chi connectivity index (χ3v) is 22.7. The zero-order valence-electron chi connectivity index (χ0n) is 74.0. The Labute approximate surface area is 705 Å². The highest BCUT2D eigenvalue weighted by atomic mass is 31.2. The molecule has 0 aliphatic heterocycles. The van der Waals surface area contributed by atoms with Gasteiger partial charge in [-0.2, -0.15) is 0 Å². The number of phosphoric ester groups is 2. The van der Waals surface area contributed by atoms with E-state index in [1.807, 2.05) is 0 Å². The van der Waals surface area contributed by atoms with Gasteiger partial charge >= 0.3 is 33.6 Å². The van der Waals surface area contributed by atoms with Crippen LogP contribution in [0.4, 0.5) is 0 Å². The van der Waals surface area contributed by atoms with Crippen LogP contribution in [0.25, 0.3) is 0 Å². The van der Waals surface area contributed by atoms with Gasteiger partial charge in [-0.05, 0) is 109 Å². The Kier molecular flexibility index (Phi) is 87.0. The average Bonchev–Trinajstić information content (AvgIpc) is 0.901. The summed E-state index contributed by atoms with van der Waals surface area (Å²) in [6, 6.07) is 0. The minimum Gasteiger partial charge on any atom is -0.463 e. The molecule has 0 saturated heterocycles. The maximum absolute atomic E-state index is 13.0. The average molecular weight is 1660 g/mol. The SMILES string of the molecule is CCCCC/C=C\C/C=C\C/C=C\C/C=C\CCCCCCCCCCCCCCCCCCCCCC(=O)OCC(O)COP(=O)(O)OCC(O)COP(=O)(O)OCC(COC(=O)CCCCCCCCCCCCCCCCCCC/C=C\C/C=C\C/C=C\C/C=C\CCCCC)OC(=O)CCCCCCCCCCCCC. The van der Waals surface area contributed by atoms with E-state index in [4.69, 9.17) is 32.3 Å². The Morgan fingerprint density at radius 3 is 0.704 bits per heavy atom. The fourth-order valence-corrected chi connectivity index (χ4v) is 15.1. The molecule has 0 aromatic heterocycles. The van der Waals surface area contributed by atoms with Crippen LogP contribution in [-0.4, -0.2) is 95.9 Å². The second kappa shape index (κ2) is 89.7. The highest BCUT2D eigenvalue weighted by molar-refractivity contribution is 7.47. The lowest BCUT2D eigenvalue weighted by Crippen LogP contribution is -2.30. The molecular weight excluding hydrogens is 1480 g/mol. The summed E-state index contributed by atoms with van der Waals surface area (Å²) in [5, 5.41) is 20.7. The molecule has 5 atom stereocenters. The van der Waals surface area contributed by atoms with Crippen molar-refractivity contribution in [1.29, 1.82) is 0 Å². The molecular formula is C97H176O16P2. The van der Waals surface area contributed by atoms with Crippen molar-refractivity contribution in [1.82, 2.24) is 0 Å². The van der Waals surface area contributed by atoms with Gasteiger partial charge in [0, 0.05) is 19.3 Å². The van der Waals surface area contributed by atoms with Gasteiger partial charge in [-0.25, -0.2) is 9.13 Å². The molecule has 0 radical (unpaired) electrons. The number of hydrogen-bond donors (Lipinski definition) is 4. The minimum atomic E-state index is -4.93. The van der Waals surface area contributed by atoms with E-state index in [0.29, 0.717) is 19.3 Å². The van der Waals surface area contributed by atoms with Gasteiger partial charge < -0.3 is 34.2 Å². The number of esters is 3. The lowest BCUT2D eigenvalue weighted by Gasteiger charge is -2.21. The summed E-state index contributed by atoms with van der Waals surface area (Å²) in [4.78, 5) is 58.8. The number of carbonyl (C=O) groups excluding carboxylic acids is 3. The number of carbonyl (C=O) groups is 3. The lowest BCUT2D eigenvalue weighted by atomic mass is 10.0. The second-order valence-electron chi connectivity index (χ2n) is 32.2. The molecule has 0 fully saturated rings. The number of phosphoric acid groups is 2. The quantitative estimate of drug-likeness (QED) is 0.0146. The number of allylic oxidation sites excluding steroid dienone is 16. The van der Waals surface area contributed by atoms with Crippen LogP contribution in [0, 0.1) is 0 Å². The van der Waals surface area contributed by atoms with Gasteiger partial charge in [0.05, 0.1) is 26.4 Å². The first-order valence-electron chi connectivity index (χ1n) is 47.5. The smallest absolute Gasteiger partial charge is 0.463 e. The highest BCUT2D eigenvalue weighted by Gasteiger charge is 2.30. The molecule has 16 nitrogen and oxygen atoms in total. The van der Waals surface area contributed by atoms with Gasteiger partial charge in [-0.3, -0.25) is 32.5 Å². The first-order valence-corrected chi connectivity index (χ1v) is 50.5. The molecule has 18 heteroatoms. The Hall–Kier alpha value is -3.53. The third kappa shape index (κ3) is 91.1. The zero-order valence-corrected chi connectivity index (χ0v) is 75.8. The largest absolute Gasteiger partial charge is 0.472 e. The van der Waals surface area contributed by atoms with E-state index in [1.54, 1.807) is 0 Å². The number of aliphatic hydroxyl groups excluding tert-OH is 2. The van der Waals surface area contributed by atoms with E-state index < -0.39 is 91.5 Å². The molecule has 0 spiro atoms. The molecule has 0 saturated carbocycles. The molecule has 0 amide bonds. The molecule has 0 aliphatic rings. The Morgan fingerprint density at radius 1 is 0.243 bits per heavy atom. The summed E-state index contributed by atoms with van der Waals surface area (Å²) >= 11 is 0. The predicted molar refractivity (Wildman–Crippen MR) is 482 cm³/mol. The van der Waals surface area contributed by atoms with Crippen LogP contribution in [0.5, 0.6) is 0 Å². The molecule has 0 aliphatic carbocycles. The van der Waals surface area contributed by atoms with Crippen molar-refractivity contribution < 1.29 is 75.8 Å². The number of unbranched alkanes of at least 4 members (excludes halogenated alkanes) is 52. The van der Waals surface area contributed by atoms with Crippen molar-refractivity contribution in [2.75, 3.05) is 39.6 Å². The molecule has 670 valence electrons. The zero-order chi connectivity index (χ0) is 83.6. The van der Waals surface area contributed by atoms with Crippen molar-refractivity contribution in [3.8, 4) is 0 Å². The molecule has 0 aromatic rings. The fraction of sp³-hybridized carbons (Fsp3) is 0.804. The summed E-state index contributed by atoms with van der Waals surface area (Å²) < 4.78 is 61.3. The van der Waals surface area contributed by atoms with E-state index in [0.717, 1.165) is 103 Å². The van der Waals surface area contributed by atoms with Crippen molar-refractivity contribution >= 4 is 33.6 Å². The Balaban J connectivity index is 4.28. The van der Waals surface area contributed by atoms with Gasteiger partial charge in [0.1, 0.15) is 25.4 Å². The number of rotatable bonds is 91. The summed E-state index contributed by atoms with van der Waals surface area (Å²) in [6.07, 6.45) is 108. The van der Waals surface area contributed by atoms with Gasteiger partial charge in [-0.1, -0.05) is 413 Å². The Bertz CT molecular complexity index is 2470. The van der Waals surface area contributed by atoms with Gasteiger partial charge in [0.15, 0.2) is 6.10 Å². The van der Waals surface area contributed by atoms with E-state index >= 15 is 0 Å². The van der Waals surface area contributed by atoms with Crippen LogP contribution in [0.15, 0.2) is 97.2 Å². The van der Waals surface area contributed by atoms with Crippen LogP contribution < -0.4 is 0 Å². The first kappa shape index (κ1) is 111. The van der Waals surface area contributed by atoms with E-state index in [-0.39, 0.29) is 19.3 Å². The third-order valence-electron chi connectivity index (χ3n) is 20.8. The summed E-state index contributed by atoms with van der Waals surface area (Å²) in [5.41, 5.74) is 0. The first-order chi connectivity index (χ1) is 56.2. The van der Waals surface area contributed by atoms with Gasteiger partial charge in [0.2, 0.25) is 0 Å². The molecule has 0 aromatic carbocycles. The summed E-state index contributed by atoms with van der Waals surface area (Å²) in [5.74, 6) is -1.55. The standard InChI is InChI=1S/C97H176O16P2/c1-4-7-10-13-16-19-22-24-26-28-30-32-34-36-38-40-42-44-45-47-49-50-52-54-56-58-60-62-64-66-69-71-74-77-80-83-95(100)107-86-92(98)87-109-114(103,104)110-88-93(99)89-111-115(105,106)112-91-94(113-97(102)85-82-79-76-73-68-21-18-15-12-9-6-3)90-108-96(101)84-81-78-75-72-70-67-65-63-61-59-57-55-53-51-48-46-43-41-39-37-35-33-31-29-27-25-23-20-17-14-11-8-5-2/h16-17,19-20,24-27,30-33,36-39,92-94,98-99H,4-15,18,21-23,28-29,34-35,40-91H2,1-3H3,(H,103,104)(H,105,106)/b19-16-,20-17-,26-24-,27-25-,32-30-,33-31-,38-36-,39-37-. The van der Waals surface area contributed by atoms with Gasteiger partial charge in [0.25, 0.3) is 0 Å². The van der Waals surface area contributed by atoms with Crippen molar-refractivity contribution in [3.05, 3.63) is 97.2 Å². The van der Waals surface area contributed by atoms with Crippen molar-refractivity contribution in [3.63, 3.8) is 0 Å². The minimum absolute atomic E-state index is 0.110. The summed E-state index contributed by atoms with van der Waals surface area (Å²) in [7, 11) is -9.78. The second-order valence-corrected chi connectivity index (χ2v) is 35.1. The molecule has 0 rings (SSSR count). The normalized spacial score (nSPS) is 14.2. The van der Waals surface area contributed by atoms with E-state index in [2.05, 4.69) is 118 Å². The molecule has 4 N–H and O–H groups in total. The molecule has 5 unspecified atom stereocenters. The maximum Gasteiger partial charge on any atom is 0.472 e. The molecule has 115 heavy (non-hydrogen) atoms. The van der Waals surface area contributed by atoms with Crippen LogP contribution in [-0.2, 0) is 55.8 Å². The van der Waals surface area contributed by atoms with E-state index in [9.17, 15) is 43.5 Å². The predicted octanol–water partition coefficient (Wildman–Crippen LogP) is 29.2. The monoisotopic (exact) mass is 1660 g/mol. The van der Waals surface area contributed by atoms with Crippen molar-refractivity contribution in [2.45, 2.75) is 463 Å². The van der Waals surface area contributed by atoms with E-state index in [1.165, 1.54) is 283 Å². The fourth-order valence-electron chi connectivity index (χ4n) is 13.5. The van der Waals surface area contributed by atoms with Crippen molar-refractivity contribution in [2.24, 2.45) is 0 Å². The molecule has 0 bridgehead atoms. The maximum atomic E-state index is 13.0. The lowest BCUT2D eigenvalue weighted by molar-refractivity contribution is -0.161. The number of hydrogen-bond acceptors (Lipinski definition) is 14. The number of ether oxygens (including phenoxy) is 3. The number of aliphatic hydroxyl groups is 2. The molecule has 0 heterocycles. The van der Waals surface area contributed by atoms with Crippen LogP contribution in [0.3, 0.4) is 0 Å². The summed E-state index contributed by atoms with van der Waals surface area (Å²) in [6.45, 7) is 2.70. The Morgan fingerprint density at radius 2 is 0.435 bits per heavy atom. The van der Waals surface area contributed by atoms with Crippen LogP contribution in [0.2, 0.25) is 0 Å². The topological polar surface area (TPSA) is 231 Å². The van der Waals surface area contributed by atoms with Crippen LogP contribution >= 0.6 is 15.6 Å². The highest BCUT2D eigenvalue weighted by Crippen LogP contribution is 2.45.